The zero-order valence-corrected chi connectivity index (χ0v) is 9.77. The topological polar surface area (TPSA) is 41.5 Å². The molecule has 1 aromatic carbocycles. The first kappa shape index (κ1) is 12.3. The minimum absolute atomic E-state index is 0.310. The third kappa shape index (κ3) is 3.70. The lowest BCUT2D eigenvalue weighted by molar-refractivity contribution is 0.199. The van der Waals surface area contributed by atoms with Gasteiger partial charge in [-0.1, -0.05) is 11.6 Å². The molecule has 0 aliphatic heterocycles. The number of hydrogen-bond acceptors (Lipinski definition) is 3. The Balaban J connectivity index is 2.60. The Hall–Kier alpha value is -0.770. The van der Waals surface area contributed by atoms with E-state index in [-0.39, 0.29) is 0 Å². The van der Waals surface area contributed by atoms with Gasteiger partial charge < -0.3 is 15.2 Å². The van der Waals surface area contributed by atoms with Crippen LogP contribution in [0.1, 0.15) is 11.1 Å². The average molecular weight is 230 g/mol. The van der Waals surface area contributed by atoms with Gasteiger partial charge in [-0.15, -0.1) is 0 Å². The molecular formula is C11H16ClNO2. The van der Waals surface area contributed by atoms with Gasteiger partial charge >= 0.3 is 0 Å². The van der Waals surface area contributed by atoms with Crippen LogP contribution in [0.25, 0.3) is 0 Å². The number of rotatable bonds is 5. The molecule has 15 heavy (non-hydrogen) atoms. The molecule has 3 nitrogen and oxygen atoms in total. The Labute approximate surface area is 95.0 Å². The van der Waals surface area contributed by atoms with Crippen molar-refractivity contribution < 1.29 is 9.84 Å². The van der Waals surface area contributed by atoms with E-state index in [0.717, 1.165) is 17.7 Å². The molecule has 0 spiro atoms. The number of phenols is 1. The zero-order valence-electron chi connectivity index (χ0n) is 9.01. The predicted molar refractivity (Wildman–Crippen MR) is 61.4 cm³/mol. The van der Waals surface area contributed by atoms with E-state index in [1.54, 1.807) is 19.2 Å². The van der Waals surface area contributed by atoms with Crippen LogP contribution in [-0.2, 0) is 11.3 Å². The summed E-state index contributed by atoms with van der Waals surface area (Å²) < 4.78 is 4.91. The van der Waals surface area contributed by atoms with E-state index in [1.807, 2.05) is 6.92 Å². The second-order valence-electron chi connectivity index (χ2n) is 3.40. The molecule has 1 rings (SSSR count). The van der Waals surface area contributed by atoms with Gasteiger partial charge in [-0.2, -0.15) is 0 Å². The molecule has 0 saturated heterocycles. The molecule has 4 heteroatoms. The van der Waals surface area contributed by atoms with Crippen molar-refractivity contribution in [1.82, 2.24) is 5.32 Å². The molecule has 0 aliphatic carbocycles. The summed E-state index contributed by atoms with van der Waals surface area (Å²) in [6.07, 6.45) is 0. The molecule has 0 unspecified atom stereocenters. The number of halogens is 1. The van der Waals surface area contributed by atoms with Crippen LogP contribution in [0.15, 0.2) is 12.1 Å². The van der Waals surface area contributed by atoms with Crippen LogP contribution >= 0.6 is 11.6 Å². The number of nitrogens with one attached hydrogen (secondary N) is 1. The van der Waals surface area contributed by atoms with Crippen LogP contribution in [0, 0.1) is 6.92 Å². The van der Waals surface area contributed by atoms with Gasteiger partial charge in [0.1, 0.15) is 5.75 Å². The summed E-state index contributed by atoms with van der Waals surface area (Å²) in [6.45, 7) is 3.83. The Morgan fingerprint density at radius 1 is 1.47 bits per heavy atom. The van der Waals surface area contributed by atoms with Crippen LogP contribution in [0.3, 0.4) is 0 Å². The highest BCUT2D eigenvalue weighted by molar-refractivity contribution is 6.30. The molecule has 0 aromatic heterocycles. The minimum atomic E-state index is 0.310. The lowest BCUT2D eigenvalue weighted by Gasteiger charge is -2.09. The van der Waals surface area contributed by atoms with Crippen molar-refractivity contribution in [3.8, 4) is 5.75 Å². The Morgan fingerprint density at radius 3 is 2.87 bits per heavy atom. The minimum Gasteiger partial charge on any atom is -0.507 e. The SMILES string of the molecule is COCCNCc1cc(Cl)cc(C)c1O. The molecule has 0 atom stereocenters. The van der Waals surface area contributed by atoms with E-state index >= 15 is 0 Å². The van der Waals surface area contributed by atoms with Crippen molar-refractivity contribution in [3.05, 3.63) is 28.3 Å². The lowest BCUT2D eigenvalue weighted by atomic mass is 10.1. The second kappa shape index (κ2) is 5.95. The van der Waals surface area contributed by atoms with E-state index in [4.69, 9.17) is 16.3 Å². The third-order valence-corrected chi connectivity index (χ3v) is 2.36. The van der Waals surface area contributed by atoms with Gasteiger partial charge in [-0.3, -0.25) is 0 Å². The molecular weight excluding hydrogens is 214 g/mol. The van der Waals surface area contributed by atoms with Crippen molar-refractivity contribution >= 4 is 11.6 Å². The summed E-state index contributed by atoms with van der Waals surface area (Å²) in [7, 11) is 1.66. The summed E-state index contributed by atoms with van der Waals surface area (Å²) in [5.74, 6) is 0.310. The van der Waals surface area contributed by atoms with Gasteiger partial charge in [0.15, 0.2) is 0 Å². The highest BCUT2D eigenvalue weighted by Crippen LogP contribution is 2.26. The Kier molecular flexibility index (Phi) is 4.88. The fourth-order valence-corrected chi connectivity index (χ4v) is 1.63. The van der Waals surface area contributed by atoms with E-state index in [2.05, 4.69) is 5.32 Å². The van der Waals surface area contributed by atoms with Crippen molar-refractivity contribution in [2.24, 2.45) is 0 Å². The van der Waals surface area contributed by atoms with Crippen LogP contribution in [0.5, 0.6) is 5.75 Å². The van der Waals surface area contributed by atoms with E-state index in [9.17, 15) is 5.11 Å². The van der Waals surface area contributed by atoms with Gasteiger partial charge in [-0.05, 0) is 24.6 Å². The largest absolute Gasteiger partial charge is 0.507 e. The average Bonchev–Trinajstić information content (AvgIpc) is 2.19. The maximum atomic E-state index is 9.75. The van der Waals surface area contributed by atoms with Crippen LogP contribution in [-0.4, -0.2) is 25.4 Å². The van der Waals surface area contributed by atoms with Gasteiger partial charge in [-0.25, -0.2) is 0 Å². The quantitative estimate of drug-likeness (QED) is 0.760. The maximum absolute atomic E-state index is 9.75. The first-order chi connectivity index (χ1) is 7.15. The number of ether oxygens (including phenoxy) is 1. The van der Waals surface area contributed by atoms with Gasteiger partial charge in [0.2, 0.25) is 0 Å². The predicted octanol–water partition coefficient (Wildman–Crippen LogP) is 2.09. The number of aromatic hydroxyl groups is 1. The molecule has 1 aromatic rings. The molecule has 0 bridgehead atoms. The number of hydrogen-bond donors (Lipinski definition) is 2. The third-order valence-electron chi connectivity index (χ3n) is 2.14. The molecule has 0 heterocycles. The number of phenolic OH excluding ortho intramolecular Hbond substituents is 1. The summed E-state index contributed by atoms with van der Waals surface area (Å²) in [4.78, 5) is 0. The molecule has 0 aliphatic rings. The smallest absolute Gasteiger partial charge is 0.123 e. The van der Waals surface area contributed by atoms with Crippen LogP contribution in [0.4, 0.5) is 0 Å². The van der Waals surface area contributed by atoms with Crippen molar-refractivity contribution in [1.29, 1.82) is 0 Å². The molecule has 0 radical (unpaired) electrons. The first-order valence-electron chi connectivity index (χ1n) is 4.82. The molecule has 84 valence electrons. The van der Waals surface area contributed by atoms with E-state index in [1.165, 1.54) is 0 Å². The van der Waals surface area contributed by atoms with Crippen molar-refractivity contribution in [2.75, 3.05) is 20.3 Å². The summed E-state index contributed by atoms with van der Waals surface area (Å²) >= 11 is 5.90. The summed E-state index contributed by atoms with van der Waals surface area (Å²) in [5, 5.41) is 13.5. The number of methoxy groups -OCH3 is 1. The molecule has 0 saturated carbocycles. The monoisotopic (exact) mass is 229 g/mol. The lowest BCUT2D eigenvalue weighted by Crippen LogP contribution is -2.18. The maximum Gasteiger partial charge on any atom is 0.123 e. The van der Waals surface area contributed by atoms with Crippen LogP contribution in [0.2, 0.25) is 5.02 Å². The molecule has 0 fully saturated rings. The molecule has 2 N–H and O–H groups in total. The van der Waals surface area contributed by atoms with Gasteiger partial charge in [0, 0.05) is 30.8 Å². The van der Waals surface area contributed by atoms with E-state index < -0.39 is 0 Å². The fraction of sp³-hybridized carbons (Fsp3) is 0.455. The second-order valence-corrected chi connectivity index (χ2v) is 3.84. The normalized spacial score (nSPS) is 10.6. The van der Waals surface area contributed by atoms with Gasteiger partial charge in [0.25, 0.3) is 0 Å². The fourth-order valence-electron chi connectivity index (χ4n) is 1.34. The highest BCUT2D eigenvalue weighted by Gasteiger charge is 2.05. The Bertz CT molecular complexity index is 329. The van der Waals surface area contributed by atoms with Crippen molar-refractivity contribution in [3.63, 3.8) is 0 Å². The zero-order chi connectivity index (χ0) is 11.3. The summed E-state index contributed by atoms with van der Waals surface area (Å²) in [6, 6.07) is 3.51. The first-order valence-corrected chi connectivity index (χ1v) is 5.20. The van der Waals surface area contributed by atoms with Crippen molar-refractivity contribution in [2.45, 2.75) is 13.5 Å². The Morgan fingerprint density at radius 2 is 2.20 bits per heavy atom. The van der Waals surface area contributed by atoms with E-state index in [0.29, 0.717) is 23.9 Å². The molecule has 0 amide bonds. The number of benzene rings is 1. The van der Waals surface area contributed by atoms with Gasteiger partial charge in [0.05, 0.1) is 6.61 Å². The standard InChI is InChI=1S/C11H16ClNO2/c1-8-5-10(12)6-9(11(8)14)7-13-3-4-15-2/h5-6,13-14H,3-4,7H2,1-2H3. The summed E-state index contributed by atoms with van der Waals surface area (Å²) in [5.41, 5.74) is 1.61. The van der Waals surface area contributed by atoms with Crippen LogP contribution < -0.4 is 5.32 Å². The number of aryl methyl sites for hydroxylation is 1. The highest BCUT2D eigenvalue weighted by atomic mass is 35.5.